The van der Waals surface area contributed by atoms with Gasteiger partial charge in [0.1, 0.15) is 16.8 Å². The minimum absolute atomic E-state index is 0.206. The third-order valence-corrected chi connectivity index (χ3v) is 7.70. The van der Waals surface area contributed by atoms with Gasteiger partial charge in [-0.25, -0.2) is 0 Å². The second kappa shape index (κ2) is 9.41. The van der Waals surface area contributed by atoms with Crippen molar-refractivity contribution in [2.75, 3.05) is 12.4 Å². The first-order chi connectivity index (χ1) is 17.0. The van der Waals surface area contributed by atoms with Crippen molar-refractivity contribution in [2.24, 2.45) is 0 Å². The molecule has 0 saturated carbocycles. The number of fused-ring (bicyclic) bond motifs is 3. The predicted molar refractivity (Wildman–Crippen MR) is 140 cm³/mol. The molecule has 3 aromatic heterocycles. The van der Waals surface area contributed by atoms with Crippen LogP contribution in [0.2, 0.25) is 0 Å². The summed E-state index contributed by atoms with van der Waals surface area (Å²) in [4.78, 5) is 13.1. The van der Waals surface area contributed by atoms with Crippen LogP contribution >= 0.6 is 23.1 Å². The Hall–Kier alpha value is -3.87. The number of ether oxygens (including phenoxy) is 1. The van der Waals surface area contributed by atoms with Crippen LogP contribution in [0.15, 0.2) is 65.1 Å². The van der Waals surface area contributed by atoms with Crippen LogP contribution in [0.5, 0.6) is 5.75 Å². The molecule has 0 radical (unpaired) electrons. The molecule has 0 spiro atoms. The fourth-order valence-electron chi connectivity index (χ4n) is 3.92. The topological polar surface area (TPSA) is 92.3 Å². The Kier molecular flexibility index (Phi) is 6.16. The predicted octanol–water partition coefficient (Wildman–Crippen LogP) is 5.92. The minimum atomic E-state index is -0.458. The first kappa shape index (κ1) is 22.9. The molecule has 0 aliphatic carbocycles. The highest BCUT2D eigenvalue weighted by Gasteiger charge is 2.22. The smallest absolute Gasteiger partial charge is 0.238 e. The third kappa shape index (κ3) is 4.22. The van der Waals surface area contributed by atoms with Crippen molar-refractivity contribution < 1.29 is 9.53 Å². The quantitative estimate of drug-likeness (QED) is 0.292. The second-order valence-corrected chi connectivity index (χ2v) is 10.2. The van der Waals surface area contributed by atoms with Crippen molar-refractivity contribution in [2.45, 2.75) is 24.3 Å². The van der Waals surface area contributed by atoms with E-state index in [1.54, 1.807) is 7.11 Å². The van der Waals surface area contributed by atoms with Crippen molar-refractivity contribution in [3.05, 3.63) is 71.1 Å². The SMILES string of the molecule is COc1ccc(-c2csc(NC(=O)C(C)Sc3nnc4cc(C)c5ccccc5n34)c2C#N)cc1. The second-order valence-electron chi connectivity index (χ2n) is 7.96. The number of carbonyl (C=O) groups is 1. The number of para-hydroxylation sites is 1. The Labute approximate surface area is 210 Å². The molecule has 1 N–H and O–H groups in total. The Morgan fingerprint density at radius 3 is 2.71 bits per heavy atom. The maximum Gasteiger partial charge on any atom is 0.238 e. The number of hydrogen-bond acceptors (Lipinski definition) is 7. The van der Waals surface area contributed by atoms with Crippen LogP contribution in [0, 0.1) is 18.3 Å². The summed E-state index contributed by atoms with van der Waals surface area (Å²) in [6, 6.07) is 19.8. The molecule has 0 saturated heterocycles. The number of aryl methyl sites for hydroxylation is 1. The number of aromatic nitrogens is 3. The number of methoxy groups -OCH3 is 1. The molecular weight excluding hydrogens is 478 g/mol. The number of thiophene rings is 1. The number of hydrogen-bond donors (Lipinski definition) is 1. The fourth-order valence-corrected chi connectivity index (χ4v) is 5.71. The van der Waals surface area contributed by atoms with E-state index < -0.39 is 5.25 Å². The highest BCUT2D eigenvalue weighted by Crippen LogP contribution is 2.36. The van der Waals surface area contributed by atoms with E-state index in [-0.39, 0.29) is 5.91 Å². The monoisotopic (exact) mass is 499 g/mol. The van der Waals surface area contributed by atoms with E-state index in [9.17, 15) is 10.1 Å². The lowest BCUT2D eigenvalue weighted by Crippen LogP contribution is -2.22. The van der Waals surface area contributed by atoms with Crippen molar-refractivity contribution in [1.82, 2.24) is 14.6 Å². The maximum absolute atomic E-state index is 13.1. The number of rotatable bonds is 6. The van der Waals surface area contributed by atoms with Gasteiger partial charge in [0, 0.05) is 16.3 Å². The van der Waals surface area contributed by atoms with Crippen molar-refractivity contribution in [1.29, 1.82) is 5.26 Å². The molecule has 0 aliphatic rings. The van der Waals surface area contributed by atoms with E-state index in [1.807, 2.05) is 72.2 Å². The lowest BCUT2D eigenvalue weighted by atomic mass is 10.0. The molecule has 35 heavy (non-hydrogen) atoms. The number of carbonyl (C=O) groups excluding carboxylic acids is 1. The first-order valence-corrected chi connectivity index (χ1v) is 12.6. The molecule has 5 aromatic rings. The molecule has 1 amide bonds. The Morgan fingerprint density at radius 2 is 1.97 bits per heavy atom. The van der Waals surface area contributed by atoms with Crippen molar-refractivity contribution >= 4 is 50.6 Å². The number of nitrogens with one attached hydrogen (secondary N) is 1. The summed E-state index contributed by atoms with van der Waals surface area (Å²) < 4.78 is 7.19. The highest BCUT2D eigenvalue weighted by atomic mass is 32.2. The van der Waals surface area contributed by atoms with E-state index in [4.69, 9.17) is 4.74 Å². The van der Waals surface area contributed by atoms with Gasteiger partial charge in [-0.1, -0.05) is 42.1 Å². The molecule has 9 heteroatoms. The summed E-state index contributed by atoms with van der Waals surface area (Å²) in [5, 5.41) is 25.1. The molecule has 0 fully saturated rings. The number of amides is 1. The van der Waals surface area contributed by atoms with Crippen molar-refractivity contribution in [3.8, 4) is 22.9 Å². The molecule has 1 unspecified atom stereocenters. The zero-order chi connectivity index (χ0) is 24.5. The summed E-state index contributed by atoms with van der Waals surface area (Å²) >= 11 is 2.67. The largest absolute Gasteiger partial charge is 0.497 e. The number of nitriles is 1. The van der Waals surface area contributed by atoms with E-state index in [1.165, 1.54) is 23.1 Å². The number of anilines is 1. The standard InChI is InChI=1S/C26H21N5O2S2/c1-15-12-23-29-30-26(31(23)22-7-5-4-6-19(15)22)35-16(2)24(32)28-25-20(13-27)21(14-34-25)17-8-10-18(33-3)11-9-17/h4-12,14,16H,1-3H3,(H,28,32). The molecule has 5 rings (SSSR count). The normalized spacial score (nSPS) is 11.9. The van der Waals surface area contributed by atoms with Gasteiger partial charge in [-0.2, -0.15) is 5.26 Å². The van der Waals surface area contributed by atoms with Crippen LogP contribution < -0.4 is 10.1 Å². The van der Waals surface area contributed by atoms with E-state index in [2.05, 4.69) is 27.6 Å². The Morgan fingerprint density at radius 1 is 1.20 bits per heavy atom. The van der Waals surface area contributed by atoms with Gasteiger partial charge in [0.2, 0.25) is 5.91 Å². The zero-order valence-corrected chi connectivity index (χ0v) is 20.9. The Bertz CT molecular complexity index is 1600. The average molecular weight is 500 g/mol. The highest BCUT2D eigenvalue weighted by molar-refractivity contribution is 8.00. The van der Waals surface area contributed by atoms with Gasteiger partial charge in [0.25, 0.3) is 0 Å². The molecule has 174 valence electrons. The third-order valence-electron chi connectivity index (χ3n) is 5.77. The fraction of sp³-hybridized carbons (Fsp3) is 0.154. The molecular formula is C26H21N5O2S2. The van der Waals surface area contributed by atoms with E-state index >= 15 is 0 Å². The molecule has 3 heterocycles. The van der Waals surface area contributed by atoms with Crippen LogP contribution in [0.3, 0.4) is 0 Å². The van der Waals surface area contributed by atoms with Gasteiger partial charge in [-0.3, -0.25) is 9.20 Å². The Balaban J connectivity index is 1.39. The van der Waals surface area contributed by atoms with Crippen LogP contribution in [0.1, 0.15) is 18.1 Å². The van der Waals surface area contributed by atoms with Crippen LogP contribution in [-0.4, -0.2) is 32.9 Å². The van der Waals surface area contributed by atoms with Gasteiger partial charge >= 0.3 is 0 Å². The average Bonchev–Trinajstić information content (AvgIpc) is 3.47. The van der Waals surface area contributed by atoms with E-state index in [0.29, 0.717) is 15.7 Å². The van der Waals surface area contributed by atoms with Gasteiger partial charge in [0.05, 0.1) is 23.4 Å². The maximum atomic E-state index is 13.1. The lowest BCUT2D eigenvalue weighted by molar-refractivity contribution is -0.115. The van der Waals surface area contributed by atoms with Gasteiger partial charge < -0.3 is 10.1 Å². The lowest BCUT2D eigenvalue weighted by Gasteiger charge is -2.12. The molecule has 1 atom stereocenters. The molecule has 0 bridgehead atoms. The summed E-state index contributed by atoms with van der Waals surface area (Å²) in [7, 11) is 1.61. The zero-order valence-electron chi connectivity index (χ0n) is 19.3. The van der Waals surface area contributed by atoms with Crippen molar-refractivity contribution in [3.63, 3.8) is 0 Å². The number of nitrogens with zero attached hydrogens (tertiary/aromatic N) is 4. The molecule has 7 nitrogen and oxygen atoms in total. The summed E-state index contributed by atoms with van der Waals surface area (Å²) in [6.07, 6.45) is 0. The van der Waals surface area contributed by atoms with Crippen LogP contribution in [0.4, 0.5) is 5.00 Å². The molecule has 2 aromatic carbocycles. The number of thioether (sulfide) groups is 1. The van der Waals surface area contributed by atoms with Crippen LogP contribution in [0.25, 0.3) is 27.7 Å². The number of pyridine rings is 1. The van der Waals surface area contributed by atoms with E-state index in [0.717, 1.165) is 39.0 Å². The first-order valence-electron chi connectivity index (χ1n) is 10.9. The van der Waals surface area contributed by atoms with Gasteiger partial charge in [0.15, 0.2) is 10.8 Å². The van der Waals surface area contributed by atoms with Gasteiger partial charge in [-0.05, 0) is 49.2 Å². The summed E-state index contributed by atoms with van der Waals surface area (Å²) in [6.45, 7) is 3.87. The molecule has 0 aliphatic heterocycles. The van der Waals surface area contributed by atoms with Gasteiger partial charge in [-0.15, -0.1) is 21.5 Å². The summed E-state index contributed by atoms with van der Waals surface area (Å²) in [5.74, 6) is 0.536. The van der Waals surface area contributed by atoms with Crippen LogP contribution in [-0.2, 0) is 4.79 Å². The number of benzene rings is 2. The minimum Gasteiger partial charge on any atom is -0.497 e. The summed E-state index contributed by atoms with van der Waals surface area (Å²) in [5.41, 5.74) is 4.97.